The lowest BCUT2D eigenvalue weighted by Crippen LogP contribution is -2.20. The lowest BCUT2D eigenvalue weighted by Gasteiger charge is -2.09. The third kappa shape index (κ3) is 5.76. The molecule has 1 N–H and O–H groups in total. The van der Waals surface area contributed by atoms with Crippen molar-refractivity contribution < 1.29 is 14.3 Å². The summed E-state index contributed by atoms with van der Waals surface area (Å²) in [4.78, 5) is 25.7. The first-order valence-corrected chi connectivity index (χ1v) is 12.6. The van der Waals surface area contributed by atoms with Crippen molar-refractivity contribution in [3.63, 3.8) is 0 Å². The third-order valence-corrected chi connectivity index (χ3v) is 7.63. The summed E-state index contributed by atoms with van der Waals surface area (Å²) in [5, 5.41) is 18.1. The summed E-state index contributed by atoms with van der Waals surface area (Å²) in [7, 11) is 0. The molecule has 10 heteroatoms. The minimum absolute atomic E-state index is 0.356. The fourth-order valence-corrected chi connectivity index (χ4v) is 5.67. The predicted molar refractivity (Wildman–Crippen MR) is 137 cm³/mol. The Morgan fingerprint density at radius 3 is 2.83 bits per heavy atom. The summed E-state index contributed by atoms with van der Waals surface area (Å²) in [6, 6.07) is 9.60. The molecular formula is C25H22Cl2N4O3S. The van der Waals surface area contributed by atoms with E-state index in [4.69, 9.17) is 27.9 Å². The molecule has 1 aromatic carbocycles. The molecule has 4 rings (SSSR count). The van der Waals surface area contributed by atoms with Gasteiger partial charge in [-0.05, 0) is 55.9 Å². The maximum Gasteiger partial charge on any atom is 0.331 e. The Balaban J connectivity index is 1.35. The fourth-order valence-electron chi connectivity index (χ4n) is 3.92. The molecule has 0 bridgehead atoms. The lowest BCUT2D eigenvalue weighted by atomic mass is 9.96. The number of aryl methyl sites for hydroxylation is 2. The second kappa shape index (κ2) is 11.1. The van der Waals surface area contributed by atoms with Gasteiger partial charge in [-0.15, -0.1) is 11.3 Å². The number of aromatic nitrogens is 2. The number of ether oxygens (including phenoxy) is 1. The fraction of sp³-hybridized carbons (Fsp3) is 0.280. The van der Waals surface area contributed by atoms with Crippen LogP contribution in [0, 0.1) is 18.3 Å². The Labute approximate surface area is 216 Å². The molecule has 35 heavy (non-hydrogen) atoms. The molecule has 180 valence electrons. The Hall–Kier alpha value is -3.12. The van der Waals surface area contributed by atoms with Gasteiger partial charge >= 0.3 is 5.97 Å². The Morgan fingerprint density at radius 1 is 1.29 bits per heavy atom. The molecule has 3 aromatic rings. The molecule has 7 nitrogen and oxygen atoms in total. The van der Waals surface area contributed by atoms with Gasteiger partial charge in [-0.3, -0.25) is 4.79 Å². The molecule has 0 spiro atoms. The van der Waals surface area contributed by atoms with Crippen LogP contribution in [0.4, 0.5) is 5.00 Å². The molecule has 2 heterocycles. The summed E-state index contributed by atoms with van der Waals surface area (Å²) in [5.74, 6) is -1.19. The second-order valence-corrected chi connectivity index (χ2v) is 9.93. The van der Waals surface area contributed by atoms with Crippen LogP contribution in [0.25, 0.3) is 6.08 Å². The molecule has 1 amide bonds. The van der Waals surface area contributed by atoms with Crippen molar-refractivity contribution in [2.24, 2.45) is 0 Å². The van der Waals surface area contributed by atoms with Crippen LogP contribution in [0.15, 0.2) is 30.3 Å². The van der Waals surface area contributed by atoms with E-state index in [1.807, 2.05) is 18.2 Å². The number of hydrogen-bond acceptors (Lipinski definition) is 6. The summed E-state index contributed by atoms with van der Waals surface area (Å²) in [5.41, 5.74) is 3.62. The van der Waals surface area contributed by atoms with E-state index in [0.29, 0.717) is 38.5 Å². The first-order chi connectivity index (χ1) is 16.9. The Morgan fingerprint density at radius 2 is 2.06 bits per heavy atom. The maximum absolute atomic E-state index is 12.3. The van der Waals surface area contributed by atoms with Crippen LogP contribution in [-0.2, 0) is 33.7 Å². The number of nitriles is 1. The highest BCUT2D eigenvalue weighted by Gasteiger charge is 2.22. The third-order valence-electron chi connectivity index (χ3n) is 5.65. The van der Waals surface area contributed by atoms with Gasteiger partial charge in [-0.2, -0.15) is 10.4 Å². The normalized spacial score (nSPS) is 12.9. The SMILES string of the molecule is Cc1nn(Cc2ccccc2Cl)c(Cl)c1/C=C/C(=O)OCC(=O)Nc1sc2c(c1C#N)CCCC2. The minimum atomic E-state index is -0.694. The van der Waals surface area contributed by atoms with Gasteiger partial charge < -0.3 is 10.1 Å². The number of carbonyl (C=O) groups excluding carboxylic acids is 2. The minimum Gasteiger partial charge on any atom is -0.452 e. The molecular weight excluding hydrogens is 507 g/mol. The number of nitrogens with zero attached hydrogens (tertiary/aromatic N) is 3. The Bertz CT molecular complexity index is 1350. The molecule has 1 aliphatic rings. The quantitative estimate of drug-likeness (QED) is 0.320. The summed E-state index contributed by atoms with van der Waals surface area (Å²) in [6.45, 7) is 1.70. The van der Waals surface area contributed by atoms with E-state index in [9.17, 15) is 14.9 Å². The molecule has 0 unspecified atom stereocenters. The lowest BCUT2D eigenvalue weighted by molar-refractivity contribution is -0.142. The molecule has 0 radical (unpaired) electrons. The van der Waals surface area contributed by atoms with Crippen LogP contribution < -0.4 is 5.32 Å². The zero-order chi connectivity index (χ0) is 24.9. The number of nitrogens with one attached hydrogen (secondary N) is 1. The number of halogens is 2. The van der Waals surface area contributed by atoms with Gasteiger partial charge in [0.25, 0.3) is 5.91 Å². The number of amides is 1. The number of anilines is 1. The van der Waals surface area contributed by atoms with E-state index in [-0.39, 0.29) is 0 Å². The van der Waals surface area contributed by atoms with Crippen LogP contribution in [0.3, 0.4) is 0 Å². The van der Waals surface area contributed by atoms with Crippen molar-refractivity contribution in [1.29, 1.82) is 5.26 Å². The van der Waals surface area contributed by atoms with Crippen molar-refractivity contribution in [2.45, 2.75) is 39.2 Å². The largest absolute Gasteiger partial charge is 0.452 e. The molecule has 2 aromatic heterocycles. The van der Waals surface area contributed by atoms with Crippen LogP contribution >= 0.6 is 34.5 Å². The smallest absolute Gasteiger partial charge is 0.331 e. The number of esters is 1. The Kier molecular flexibility index (Phi) is 7.91. The van der Waals surface area contributed by atoms with E-state index >= 15 is 0 Å². The summed E-state index contributed by atoms with van der Waals surface area (Å²) in [6.07, 6.45) is 6.60. The number of thiophene rings is 1. The molecule has 0 saturated carbocycles. The monoisotopic (exact) mass is 528 g/mol. The number of rotatable bonds is 7. The van der Waals surface area contributed by atoms with Crippen molar-refractivity contribution in [3.05, 3.63) is 73.3 Å². The second-order valence-electron chi connectivity index (χ2n) is 8.06. The van der Waals surface area contributed by atoms with E-state index in [0.717, 1.165) is 41.7 Å². The molecule has 1 aliphatic carbocycles. The van der Waals surface area contributed by atoms with E-state index in [2.05, 4.69) is 16.5 Å². The van der Waals surface area contributed by atoms with Gasteiger partial charge in [0.05, 0.1) is 17.8 Å². The predicted octanol–water partition coefficient (Wildman–Crippen LogP) is 5.55. The zero-order valence-electron chi connectivity index (χ0n) is 18.9. The summed E-state index contributed by atoms with van der Waals surface area (Å²) >= 11 is 14.1. The number of hydrogen-bond donors (Lipinski definition) is 1. The number of benzene rings is 1. The van der Waals surface area contributed by atoms with Gasteiger partial charge in [0.2, 0.25) is 0 Å². The number of carbonyl (C=O) groups is 2. The van der Waals surface area contributed by atoms with E-state index in [1.165, 1.54) is 23.5 Å². The first-order valence-electron chi connectivity index (χ1n) is 11.0. The van der Waals surface area contributed by atoms with Gasteiger partial charge in [0.15, 0.2) is 6.61 Å². The standard InChI is InChI=1S/C25H22Cl2N4O3S/c1-15-17(24(27)31(30-15)13-16-6-2-4-8-20(16)26)10-11-23(33)34-14-22(32)29-25-19(12-28)18-7-3-5-9-21(18)35-25/h2,4,6,8,10-11H,3,5,7,9,13-14H2,1H3,(H,29,32)/b11-10+. The average molecular weight is 529 g/mol. The van der Waals surface area contributed by atoms with Crippen molar-refractivity contribution in [2.75, 3.05) is 11.9 Å². The molecule has 0 aliphatic heterocycles. The van der Waals surface area contributed by atoms with Crippen LogP contribution in [0.5, 0.6) is 0 Å². The topological polar surface area (TPSA) is 97.0 Å². The molecule has 0 atom stereocenters. The van der Waals surface area contributed by atoms with Crippen LogP contribution in [0.2, 0.25) is 10.2 Å². The van der Waals surface area contributed by atoms with E-state index in [1.54, 1.807) is 17.7 Å². The van der Waals surface area contributed by atoms with Gasteiger partial charge in [-0.25, -0.2) is 9.48 Å². The van der Waals surface area contributed by atoms with Crippen molar-refractivity contribution >= 4 is 57.5 Å². The highest BCUT2D eigenvalue weighted by molar-refractivity contribution is 7.16. The highest BCUT2D eigenvalue weighted by atomic mass is 35.5. The summed E-state index contributed by atoms with van der Waals surface area (Å²) < 4.78 is 6.67. The van der Waals surface area contributed by atoms with Crippen LogP contribution in [0.1, 0.15) is 45.7 Å². The van der Waals surface area contributed by atoms with Crippen molar-refractivity contribution in [1.82, 2.24) is 9.78 Å². The first kappa shape index (κ1) is 25.0. The van der Waals surface area contributed by atoms with Crippen molar-refractivity contribution in [3.8, 4) is 6.07 Å². The van der Waals surface area contributed by atoms with Gasteiger partial charge in [0.1, 0.15) is 16.2 Å². The highest BCUT2D eigenvalue weighted by Crippen LogP contribution is 2.37. The zero-order valence-corrected chi connectivity index (χ0v) is 21.3. The molecule has 0 fully saturated rings. The number of fused-ring (bicyclic) bond motifs is 1. The van der Waals surface area contributed by atoms with Gasteiger partial charge in [0, 0.05) is 21.5 Å². The van der Waals surface area contributed by atoms with Gasteiger partial charge in [-0.1, -0.05) is 41.4 Å². The average Bonchev–Trinajstić information content (AvgIpc) is 3.33. The molecule has 0 saturated heterocycles. The van der Waals surface area contributed by atoms with Crippen LogP contribution in [-0.4, -0.2) is 28.3 Å². The van der Waals surface area contributed by atoms with E-state index < -0.39 is 18.5 Å². The maximum atomic E-state index is 12.3.